The molecule has 1 amide bonds. The Balaban J connectivity index is 1.88. The van der Waals surface area contributed by atoms with Gasteiger partial charge >= 0.3 is 0 Å². The predicted octanol–water partition coefficient (Wildman–Crippen LogP) is 4.72. The van der Waals surface area contributed by atoms with E-state index < -0.39 is 15.9 Å². The fourth-order valence-corrected chi connectivity index (χ4v) is 5.72. The van der Waals surface area contributed by atoms with Crippen LogP contribution in [0.5, 0.6) is 0 Å². The molecule has 1 N–H and O–H groups in total. The summed E-state index contributed by atoms with van der Waals surface area (Å²) in [5.74, 6) is -0.613. The molecule has 1 aliphatic rings. The zero-order valence-electron chi connectivity index (χ0n) is 18.6. The average molecular weight is 447 g/mol. The molecule has 1 atom stereocenters. The summed E-state index contributed by atoms with van der Waals surface area (Å²) >= 11 is 0. The second-order valence-electron chi connectivity index (χ2n) is 8.12. The highest BCUT2D eigenvalue weighted by Gasteiger charge is 2.39. The number of para-hydroxylation sites is 1. The molecule has 6 heteroatoms. The number of carbonyl (C=O) groups is 1. The monoisotopic (exact) mass is 446 g/mol. The molecule has 0 fully saturated rings. The second-order valence-corrected chi connectivity index (χ2v) is 10.0. The van der Waals surface area contributed by atoms with Crippen molar-refractivity contribution < 1.29 is 13.2 Å². The zero-order chi connectivity index (χ0) is 23.0. The summed E-state index contributed by atoms with van der Waals surface area (Å²) in [4.78, 5) is 13.3. The van der Waals surface area contributed by atoms with Gasteiger partial charge in [-0.25, -0.2) is 8.42 Å². The summed E-state index contributed by atoms with van der Waals surface area (Å²) in [5, 5.41) is 2.93. The Labute approximate surface area is 189 Å². The van der Waals surface area contributed by atoms with Crippen LogP contribution in [0.4, 0.5) is 5.69 Å². The lowest BCUT2D eigenvalue weighted by atomic mass is 9.95. The highest BCUT2D eigenvalue weighted by Crippen LogP contribution is 2.42. The van der Waals surface area contributed by atoms with Gasteiger partial charge in [0.05, 0.1) is 11.7 Å². The summed E-state index contributed by atoms with van der Waals surface area (Å²) < 4.78 is 28.3. The number of hydrogen-bond acceptors (Lipinski definition) is 3. The van der Waals surface area contributed by atoms with Gasteiger partial charge in [0.1, 0.15) is 0 Å². The molecule has 0 radical (unpaired) electrons. The van der Waals surface area contributed by atoms with Crippen molar-refractivity contribution in [2.45, 2.75) is 26.8 Å². The predicted molar refractivity (Wildman–Crippen MR) is 129 cm³/mol. The molecule has 0 saturated heterocycles. The van der Waals surface area contributed by atoms with Gasteiger partial charge in [-0.2, -0.15) is 0 Å². The molecule has 32 heavy (non-hydrogen) atoms. The van der Waals surface area contributed by atoms with E-state index in [2.05, 4.69) is 5.32 Å². The van der Waals surface area contributed by atoms with E-state index in [0.717, 1.165) is 16.7 Å². The van der Waals surface area contributed by atoms with Crippen molar-refractivity contribution >= 4 is 27.2 Å². The number of rotatable bonds is 4. The minimum atomic E-state index is -4.06. The van der Waals surface area contributed by atoms with Crippen molar-refractivity contribution in [3.05, 3.63) is 106 Å². The Bertz CT molecular complexity index is 1330. The maximum Gasteiger partial charge on any atom is 0.270 e. The largest absolute Gasteiger partial charge is 0.345 e. The van der Waals surface area contributed by atoms with Crippen LogP contribution in [0.3, 0.4) is 0 Å². The van der Waals surface area contributed by atoms with Crippen LogP contribution in [0.15, 0.2) is 77.7 Å². The molecule has 5 nitrogen and oxygen atoms in total. The SMILES string of the molecule is Cc1ccc(C(C)NC(=O)C2=C(c3ccccc3)c3ccccc3N(C)S2(=O)=O)c(C)c1. The fraction of sp³-hybridized carbons (Fsp3) is 0.192. The van der Waals surface area contributed by atoms with Crippen LogP contribution in [0, 0.1) is 13.8 Å². The molecule has 0 aromatic heterocycles. The van der Waals surface area contributed by atoms with Crippen LogP contribution in [0.2, 0.25) is 0 Å². The van der Waals surface area contributed by atoms with Gasteiger partial charge in [-0.05, 0) is 43.5 Å². The molecule has 1 unspecified atom stereocenters. The van der Waals surface area contributed by atoms with E-state index in [4.69, 9.17) is 0 Å². The van der Waals surface area contributed by atoms with Crippen LogP contribution in [0.1, 0.15) is 40.8 Å². The topological polar surface area (TPSA) is 66.5 Å². The van der Waals surface area contributed by atoms with E-state index in [1.165, 1.54) is 11.4 Å². The molecular formula is C26H26N2O3S. The average Bonchev–Trinajstić information content (AvgIpc) is 2.76. The van der Waals surface area contributed by atoms with Gasteiger partial charge in [0.25, 0.3) is 15.9 Å². The van der Waals surface area contributed by atoms with E-state index in [0.29, 0.717) is 22.4 Å². The minimum Gasteiger partial charge on any atom is -0.345 e. The Morgan fingerprint density at radius 1 is 0.938 bits per heavy atom. The first-order valence-electron chi connectivity index (χ1n) is 10.5. The first-order chi connectivity index (χ1) is 15.2. The van der Waals surface area contributed by atoms with E-state index in [9.17, 15) is 13.2 Å². The first kappa shape index (κ1) is 21.8. The van der Waals surface area contributed by atoms with Gasteiger partial charge in [0.15, 0.2) is 4.91 Å². The summed E-state index contributed by atoms with van der Waals surface area (Å²) in [6.07, 6.45) is 0. The smallest absolute Gasteiger partial charge is 0.270 e. The van der Waals surface area contributed by atoms with E-state index >= 15 is 0 Å². The van der Waals surface area contributed by atoms with Gasteiger partial charge < -0.3 is 5.32 Å². The Kier molecular flexibility index (Phi) is 5.65. The number of nitrogens with one attached hydrogen (secondary N) is 1. The summed E-state index contributed by atoms with van der Waals surface area (Å²) in [7, 11) is -2.57. The van der Waals surface area contributed by atoms with Crippen LogP contribution in [0.25, 0.3) is 5.57 Å². The standard InChI is InChI=1S/C26H26N2O3S/c1-17-14-15-21(18(2)16-17)19(3)27-26(29)25-24(20-10-6-5-7-11-20)22-12-8-9-13-23(22)28(4)32(25,30)31/h5-16,19H,1-4H3,(H,27,29). The molecule has 0 spiro atoms. The van der Waals surface area contributed by atoms with Gasteiger partial charge in [-0.3, -0.25) is 9.10 Å². The lowest BCUT2D eigenvalue weighted by Crippen LogP contribution is -2.40. The molecule has 4 rings (SSSR count). The highest BCUT2D eigenvalue weighted by molar-refractivity contribution is 7.97. The summed E-state index contributed by atoms with van der Waals surface area (Å²) in [6.45, 7) is 5.87. The lowest BCUT2D eigenvalue weighted by Gasteiger charge is -2.31. The molecule has 1 aliphatic heterocycles. The number of hydrogen-bond donors (Lipinski definition) is 1. The number of benzene rings is 3. The summed E-state index contributed by atoms with van der Waals surface area (Å²) in [5.41, 5.74) is 5.49. The van der Waals surface area contributed by atoms with Crippen molar-refractivity contribution in [3.8, 4) is 0 Å². The quantitative estimate of drug-likeness (QED) is 0.631. The van der Waals surface area contributed by atoms with Gasteiger partial charge in [0.2, 0.25) is 0 Å². The van der Waals surface area contributed by atoms with E-state index in [1.807, 2.05) is 81.4 Å². The van der Waals surface area contributed by atoms with Crippen LogP contribution < -0.4 is 9.62 Å². The Hall–Kier alpha value is -3.38. The second kappa shape index (κ2) is 8.28. The number of aryl methyl sites for hydroxylation is 2. The van der Waals surface area contributed by atoms with E-state index in [-0.39, 0.29) is 10.9 Å². The number of fused-ring (bicyclic) bond motifs is 1. The fourth-order valence-electron chi connectivity index (χ4n) is 4.25. The molecule has 1 heterocycles. The van der Waals surface area contributed by atoms with Crippen molar-refractivity contribution in [2.75, 3.05) is 11.4 Å². The van der Waals surface area contributed by atoms with Crippen molar-refractivity contribution in [2.24, 2.45) is 0 Å². The molecule has 0 saturated carbocycles. The molecule has 0 aliphatic carbocycles. The zero-order valence-corrected chi connectivity index (χ0v) is 19.4. The first-order valence-corrected chi connectivity index (χ1v) is 11.9. The van der Waals surface area contributed by atoms with Crippen LogP contribution in [-0.4, -0.2) is 21.4 Å². The number of anilines is 1. The third-order valence-electron chi connectivity index (χ3n) is 5.87. The number of sulfonamides is 1. The molecule has 0 bridgehead atoms. The number of carbonyl (C=O) groups excluding carboxylic acids is 1. The normalized spacial score (nSPS) is 15.8. The number of amides is 1. The molecule has 3 aromatic rings. The summed E-state index contributed by atoms with van der Waals surface area (Å²) in [6, 6.07) is 22.1. The maximum absolute atomic E-state index is 13.5. The van der Waals surface area contributed by atoms with Crippen molar-refractivity contribution in [3.63, 3.8) is 0 Å². The highest BCUT2D eigenvalue weighted by atomic mass is 32.2. The third kappa shape index (κ3) is 3.71. The maximum atomic E-state index is 13.5. The van der Waals surface area contributed by atoms with Gasteiger partial charge in [-0.15, -0.1) is 0 Å². The van der Waals surface area contributed by atoms with Gasteiger partial charge in [-0.1, -0.05) is 72.3 Å². The van der Waals surface area contributed by atoms with Crippen LogP contribution in [-0.2, 0) is 14.8 Å². The minimum absolute atomic E-state index is 0.235. The number of nitrogens with zero attached hydrogens (tertiary/aromatic N) is 1. The van der Waals surface area contributed by atoms with Crippen molar-refractivity contribution in [1.82, 2.24) is 5.32 Å². The Morgan fingerprint density at radius 3 is 2.28 bits per heavy atom. The molecular weight excluding hydrogens is 420 g/mol. The lowest BCUT2D eigenvalue weighted by molar-refractivity contribution is -0.117. The third-order valence-corrected chi connectivity index (χ3v) is 7.69. The molecule has 164 valence electrons. The van der Waals surface area contributed by atoms with Gasteiger partial charge in [0, 0.05) is 18.2 Å². The van der Waals surface area contributed by atoms with Crippen molar-refractivity contribution in [1.29, 1.82) is 0 Å². The van der Waals surface area contributed by atoms with E-state index in [1.54, 1.807) is 12.1 Å². The molecule has 3 aromatic carbocycles. The Morgan fingerprint density at radius 2 is 1.59 bits per heavy atom. The van der Waals surface area contributed by atoms with Crippen LogP contribution >= 0.6 is 0 Å².